The van der Waals surface area contributed by atoms with Crippen LogP contribution in [0.25, 0.3) is 5.65 Å². The molecule has 1 amide bonds. The molecule has 132 valence electrons. The predicted octanol–water partition coefficient (Wildman–Crippen LogP) is 3.21. The fourth-order valence-corrected chi connectivity index (χ4v) is 4.01. The molecular formula is C20H20N4O2. The van der Waals surface area contributed by atoms with Crippen molar-refractivity contribution >= 4 is 11.6 Å². The molecule has 6 nitrogen and oxygen atoms in total. The maximum Gasteiger partial charge on any atom is 0.253 e. The van der Waals surface area contributed by atoms with Crippen LogP contribution in [0.4, 0.5) is 0 Å². The van der Waals surface area contributed by atoms with Crippen LogP contribution in [0, 0.1) is 6.92 Å². The Morgan fingerprint density at radius 2 is 2.08 bits per heavy atom. The first kappa shape index (κ1) is 15.4. The third-order valence-electron chi connectivity index (χ3n) is 5.60. The number of carbonyl (C=O) groups excluding carboxylic acids is 1. The van der Waals surface area contributed by atoms with E-state index in [2.05, 4.69) is 15.5 Å². The second-order valence-electron chi connectivity index (χ2n) is 7.30. The van der Waals surface area contributed by atoms with Crippen molar-refractivity contribution in [3.8, 4) is 5.75 Å². The second kappa shape index (κ2) is 5.56. The summed E-state index contributed by atoms with van der Waals surface area (Å²) < 4.78 is 8.10. The average molecular weight is 348 g/mol. The van der Waals surface area contributed by atoms with Crippen molar-refractivity contribution in [2.24, 2.45) is 0 Å². The monoisotopic (exact) mass is 348 g/mol. The number of hydrogen-bond acceptors (Lipinski definition) is 4. The van der Waals surface area contributed by atoms with Crippen LogP contribution in [-0.2, 0) is 0 Å². The Balaban J connectivity index is 1.45. The summed E-state index contributed by atoms with van der Waals surface area (Å²) in [6.45, 7) is 1.87. The van der Waals surface area contributed by atoms with Crippen molar-refractivity contribution in [2.75, 3.05) is 0 Å². The number of ether oxygens (including phenoxy) is 1. The number of aryl methyl sites for hydroxylation is 1. The van der Waals surface area contributed by atoms with Crippen LogP contribution in [0.2, 0.25) is 0 Å². The molecule has 1 aromatic carbocycles. The van der Waals surface area contributed by atoms with Gasteiger partial charge in [-0.1, -0.05) is 18.2 Å². The molecule has 6 heteroatoms. The van der Waals surface area contributed by atoms with Gasteiger partial charge in [-0.05, 0) is 44.4 Å². The maximum absolute atomic E-state index is 12.9. The molecule has 26 heavy (non-hydrogen) atoms. The standard InChI is InChI=1S/C20H20N4O2/c1-13-22-23-18-8-7-14(12-24(13)18)19(25)21-16-11-20(9-4-10-20)26-17-6-3-2-5-15(16)17/h2-3,5-8,12,16H,4,9-11H2,1H3,(H,21,25). The molecule has 1 aliphatic carbocycles. The molecule has 0 bridgehead atoms. The number of carbonyl (C=O) groups is 1. The first-order chi connectivity index (χ1) is 12.6. The molecule has 2 aromatic heterocycles. The van der Waals surface area contributed by atoms with Gasteiger partial charge in [-0.3, -0.25) is 9.20 Å². The lowest BCUT2D eigenvalue weighted by atomic mass is 9.73. The number of fused-ring (bicyclic) bond motifs is 2. The van der Waals surface area contributed by atoms with Crippen molar-refractivity contribution in [1.29, 1.82) is 0 Å². The van der Waals surface area contributed by atoms with Crippen LogP contribution in [-0.4, -0.2) is 26.1 Å². The Hall–Kier alpha value is -2.89. The summed E-state index contributed by atoms with van der Waals surface area (Å²) >= 11 is 0. The zero-order chi connectivity index (χ0) is 17.7. The zero-order valence-corrected chi connectivity index (χ0v) is 14.6. The van der Waals surface area contributed by atoms with E-state index >= 15 is 0 Å². The van der Waals surface area contributed by atoms with Gasteiger partial charge in [-0.15, -0.1) is 10.2 Å². The van der Waals surface area contributed by atoms with Crippen LogP contribution in [0.1, 0.15) is 53.5 Å². The van der Waals surface area contributed by atoms with Crippen molar-refractivity contribution in [2.45, 2.75) is 44.2 Å². The van der Waals surface area contributed by atoms with Gasteiger partial charge in [-0.25, -0.2) is 0 Å². The van der Waals surface area contributed by atoms with Gasteiger partial charge >= 0.3 is 0 Å². The van der Waals surface area contributed by atoms with E-state index < -0.39 is 0 Å². The summed E-state index contributed by atoms with van der Waals surface area (Å²) in [7, 11) is 0. The van der Waals surface area contributed by atoms with E-state index in [-0.39, 0.29) is 17.6 Å². The Labute approximate surface area is 151 Å². The minimum absolute atomic E-state index is 0.0366. The van der Waals surface area contributed by atoms with Gasteiger partial charge in [0, 0.05) is 18.2 Å². The fourth-order valence-electron chi connectivity index (χ4n) is 4.01. The smallest absolute Gasteiger partial charge is 0.253 e. The third-order valence-corrected chi connectivity index (χ3v) is 5.60. The summed E-state index contributed by atoms with van der Waals surface area (Å²) in [5, 5.41) is 11.3. The Kier molecular flexibility index (Phi) is 3.29. The number of nitrogens with one attached hydrogen (secondary N) is 1. The molecule has 1 spiro atoms. The Bertz CT molecular complexity index is 1010. The highest BCUT2D eigenvalue weighted by atomic mass is 16.5. The molecular weight excluding hydrogens is 328 g/mol. The van der Waals surface area contributed by atoms with E-state index in [4.69, 9.17) is 4.74 Å². The number of rotatable bonds is 2. The van der Waals surface area contributed by atoms with Crippen molar-refractivity contribution in [3.63, 3.8) is 0 Å². The highest BCUT2D eigenvalue weighted by Gasteiger charge is 2.45. The van der Waals surface area contributed by atoms with E-state index in [1.54, 1.807) is 12.3 Å². The fraction of sp³-hybridized carbons (Fsp3) is 0.350. The van der Waals surface area contributed by atoms with Gasteiger partial charge in [0.1, 0.15) is 17.2 Å². The summed E-state index contributed by atoms with van der Waals surface area (Å²) in [4.78, 5) is 12.9. The molecule has 0 radical (unpaired) electrons. The van der Waals surface area contributed by atoms with Gasteiger partial charge in [0.05, 0.1) is 11.6 Å². The number of pyridine rings is 1. The number of nitrogens with zero attached hydrogens (tertiary/aromatic N) is 3. The number of aromatic nitrogens is 3. The van der Waals surface area contributed by atoms with Crippen LogP contribution < -0.4 is 10.1 Å². The second-order valence-corrected chi connectivity index (χ2v) is 7.30. The quantitative estimate of drug-likeness (QED) is 0.772. The van der Waals surface area contributed by atoms with Gasteiger partial charge in [0.15, 0.2) is 5.65 Å². The van der Waals surface area contributed by atoms with Crippen molar-refractivity contribution in [1.82, 2.24) is 19.9 Å². The van der Waals surface area contributed by atoms with Crippen molar-refractivity contribution < 1.29 is 9.53 Å². The number of hydrogen-bond donors (Lipinski definition) is 1. The lowest BCUT2D eigenvalue weighted by molar-refractivity contribution is -0.0360. The molecule has 1 atom stereocenters. The molecule has 1 aliphatic heterocycles. The minimum Gasteiger partial charge on any atom is -0.487 e. The normalized spacial score (nSPS) is 20.3. The number of para-hydroxylation sites is 1. The summed E-state index contributed by atoms with van der Waals surface area (Å²) in [6.07, 6.45) is 5.92. The molecule has 5 rings (SSSR count). The average Bonchev–Trinajstić information content (AvgIpc) is 3.01. The number of amides is 1. The number of benzene rings is 1. The van der Waals surface area contributed by atoms with Gasteiger partial charge in [0.2, 0.25) is 0 Å². The molecule has 1 unspecified atom stereocenters. The van der Waals surface area contributed by atoms with Crippen LogP contribution in [0.3, 0.4) is 0 Å². The van der Waals surface area contributed by atoms with E-state index in [1.165, 1.54) is 6.42 Å². The third kappa shape index (κ3) is 2.36. The topological polar surface area (TPSA) is 68.5 Å². The molecule has 2 aliphatic rings. The molecule has 1 fully saturated rings. The summed E-state index contributed by atoms with van der Waals surface area (Å²) in [6, 6.07) is 11.6. The highest BCUT2D eigenvalue weighted by Crippen LogP contribution is 2.48. The van der Waals surface area contributed by atoms with E-state index in [9.17, 15) is 4.79 Å². The molecule has 1 N–H and O–H groups in total. The molecule has 0 saturated heterocycles. The van der Waals surface area contributed by atoms with Gasteiger partial charge < -0.3 is 10.1 Å². The van der Waals surface area contributed by atoms with Crippen molar-refractivity contribution in [3.05, 3.63) is 59.5 Å². The largest absolute Gasteiger partial charge is 0.487 e. The van der Waals surface area contributed by atoms with E-state index in [0.717, 1.165) is 42.0 Å². The van der Waals surface area contributed by atoms with E-state index in [1.807, 2.05) is 41.7 Å². The predicted molar refractivity (Wildman–Crippen MR) is 96.2 cm³/mol. The lowest BCUT2D eigenvalue weighted by Gasteiger charge is -2.48. The van der Waals surface area contributed by atoms with Crippen LogP contribution in [0.15, 0.2) is 42.6 Å². The zero-order valence-electron chi connectivity index (χ0n) is 14.6. The highest BCUT2D eigenvalue weighted by molar-refractivity contribution is 5.94. The molecule has 1 saturated carbocycles. The molecule has 3 heterocycles. The van der Waals surface area contributed by atoms with E-state index in [0.29, 0.717) is 5.56 Å². The lowest BCUT2D eigenvalue weighted by Crippen LogP contribution is -2.49. The Morgan fingerprint density at radius 1 is 1.23 bits per heavy atom. The van der Waals surface area contributed by atoms with Crippen LogP contribution in [0.5, 0.6) is 5.75 Å². The minimum atomic E-state index is -0.110. The maximum atomic E-state index is 12.9. The van der Waals surface area contributed by atoms with Gasteiger partial charge in [-0.2, -0.15) is 0 Å². The Morgan fingerprint density at radius 3 is 2.88 bits per heavy atom. The van der Waals surface area contributed by atoms with Crippen LogP contribution >= 0.6 is 0 Å². The first-order valence-corrected chi connectivity index (χ1v) is 9.04. The van der Waals surface area contributed by atoms with Gasteiger partial charge in [0.25, 0.3) is 5.91 Å². The SMILES string of the molecule is Cc1nnc2ccc(C(=O)NC3CC4(CCC4)Oc4ccccc43)cn12. The molecule has 3 aromatic rings. The summed E-state index contributed by atoms with van der Waals surface area (Å²) in [5.41, 5.74) is 2.29. The summed E-state index contributed by atoms with van der Waals surface area (Å²) in [5.74, 6) is 1.57. The first-order valence-electron chi connectivity index (χ1n) is 9.04.